The molecule has 6 heteroatoms. The van der Waals surface area contributed by atoms with Crippen LogP contribution in [0.1, 0.15) is 30.1 Å². The van der Waals surface area contributed by atoms with Gasteiger partial charge in [-0.25, -0.2) is 0 Å². The first-order chi connectivity index (χ1) is 9.99. The summed E-state index contributed by atoms with van der Waals surface area (Å²) in [5.74, 6) is -0.605. The second-order valence-electron chi connectivity index (χ2n) is 4.22. The van der Waals surface area contributed by atoms with Crippen LogP contribution in [0.5, 0.6) is 11.5 Å². The lowest BCUT2D eigenvalue weighted by Gasteiger charge is -2.07. The van der Waals surface area contributed by atoms with E-state index < -0.39 is 24.0 Å². The van der Waals surface area contributed by atoms with E-state index in [1.807, 2.05) is 0 Å². The van der Waals surface area contributed by atoms with Crippen LogP contribution in [0.25, 0.3) is 0 Å². The van der Waals surface area contributed by atoms with Crippen molar-refractivity contribution in [3.05, 3.63) is 23.8 Å². The summed E-state index contributed by atoms with van der Waals surface area (Å²) in [6.07, 6.45) is -0.768. The van der Waals surface area contributed by atoms with E-state index in [-0.39, 0.29) is 13.0 Å². The molecule has 0 N–H and O–H groups in total. The highest BCUT2D eigenvalue weighted by Gasteiger charge is 2.17. The highest BCUT2D eigenvalue weighted by molar-refractivity contribution is 6.11. The third-order valence-electron chi connectivity index (χ3n) is 2.68. The van der Waals surface area contributed by atoms with Crippen molar-refractivity contribution in [1.29, 1.82) is 0 Å². The summed E-state index contributed by atoms with van der Waals surface area (Å²) in [4.78, 5) is 34.9. The van der Waals surface area contributed by atoms with Gasteiger partial charge in [-0.3, -0.25) is 14.4 Å². The molecule has 0 saturated heterocycles. The molecule has 0 heterocycles. The third-order valence-corrected chi connectivity index (χ3v) is 2.68. The van der Waals surface area contributed by atoms with Crippen LogP contribution in [-0.4, -0.2) is 38.4 Å². The Hall–Kier alpha value is -2.37. The Labute approximate surface area is 123 Å². The summed E-state index contributed by atoms with van der Waals surface area (Å²) >= 11 is 0. The largest absolute Gasteiger partial charge is 0.497 e. The molecule has 0 saturated carbocycles. The first-order valence-corrected chi connectivity index (χ1v) is 6.43. The van der Waals surface area contributed by atoms with Crippen molar-refractivity contribution in [3.63, 3.8) is 0 Å². The minimum Gasteiger partial charge on any atom is -0.497 e. The van der Waals surface area contributed by atoms with Crippen LogP contribution in [0, 0.1) is 0 Å². The molecule has 0 spiro atoms. The maximum Gasteiger partial charge on any atom is 0.313 e. The van der Waals surface area contributed by atoms with E-state index in [1.54, 1.807) is 13.0 Å². The molecule has 0 fully saturated rings. The molecule has 114 valence electrons. The van der Waals surface area contributed by atoms with Gasteiger partial charge < -0.3 is 14.2 Å². The minimum absolute atomic E-state index is 0.202. The van der Waals surface area contributed by atoms with Crippen molar-refractivity contribution in [1.82, 2.24) is 0 Å². The number of ether oxygens (including phenoxy) is 3. The van der Waals surface area contributed by atoms with Crippen molar-refractivity contribution in [2.24, 2.45) is 0 Å². The van der Waals surface area contributed by atoms with E-state index in [4.69, 9.17) is 9.47 Å². The van der Waals surface area contributed by atoms with Gasteiger partial charge in [0.1, 0.15) is 17.9 Å². The van der Waals surface area contributed by atoms with Crippen LogP contribution in [0.4, 0.5) is 0 Å². The molecule has 6 nitrogen and oxygen atoms in total. The molecule has 21 heavy (non-hydrogen) atoms. The van der Waals surface area contributed by atoms with Gasteiger partial charge in [-0.1, -0.05) is 0 Å². The van der Waals surface area contributed by atoms with Crippen LogP contribution in [0.3, 0.4) is 0 Å². The van der Waals surface area contributed by atoms with Crippen molar-refractivity contribution < 1.29 is 28.6 Å². The Morgan fingerprint density at radius 3 is 2.00 bits per heavy atom. The quantitative estimate of drug-likeness (QED) is 0.413. The molecule has 1 rings (SSSR count). The number of carbonyl (C=O) groups is 3. The molecular weight excluding hydrogens is 276 g/mol. The van der Waals surface area contributed by atoms with Crippen molar-refractivity contribution >= 4 is 17.5 Å². The molecule has 1 aromatic carbocycles. The number of carbonyl (C=O) groups excluding carboxylic acids is 3. The van der Waals surface area contributed by atoms with E-state index >= 15 is 0 Å². The molecule has 0 radical (unpaired) electrons. The number of methoxy groups -OCH3 is 2. The predicted molar refractivity (Wildman–Crippen MR) is 74.8 cm³/mol. The fourth-order valence-corrected chi connectivity index (χ4v) is 1.69. The topological polar surface area (TPSA) is 78.9 Å². The number of benzene rings is 1. The molecule has 0 atom stereocenters. The highest BCUT2D eigenvalue weighted by Crippen LogP contribution is 2.23. The Balaban J connectivity index is 2.75. The molecule has 0 amide bonds. The second-order valence-corrected chi connectivity index (χ2v) is 4.22. The number of esters is 1. The Kier molecular flexibility index (Phi) is 6.39. The van der Waals surface area contributed by atoms with Crippen molar-refractivity contribution in [3.8, 4) is 11.5 Å². The molecule has 1 aromatic rings. The average molecular weight is 294 g/mol. The van der Waals surface area contributed by atoms with Crippen LogP contribution in [-0.2, 0) is 14.3 Å². The fraction of sp³-hybridized carbons (Fsp3) is 0.400. The fourth-order valence-electron chi connectivity index (χ4n) is 1.69. The number of hydrogen-bond acceptors (Lipinski definition) is 6. The first kappa shape index (κ1) is 16.7. The zero-order valence-electron chi connectivity index (χ0n) is 12.3. The van der Waals surface area contributed by atoms with Gasteiger partial charge in [0.05, 0.1) is 27.2 Å². The van der Waals surface area contributed by atoms with E-state index in [1.165, 1.54) is 26.4 Å². The third kappa shape index (κ3) is 5.25. The van der Waals surface area contributed by atoms with Crippen molar-refractivity contribution in [2.75, 3.05) is 20.8 Å². The lowest BCUT2D eigenvalue weighted by molar-refractivity contribution is -0.145. The van der Waals surface area contributed by atoms with Gasteiger partial charge in [0.15, 0.2) is 11.6 Å². The van der Waals surface area contributed by atoms with Gasteiger partial charge >= 0.3 is 5.97 Å². The molecule has 0 aromatic heterocycles. The van der Waals surface area contributed by atoms with Gasteiger partial charge in [0.25, 0.3) is 0 Å². The van der Waals surface area contributed by atoms with E-state index in [9.17, 15) is 14.4 Å². The molecule has 0 aliphatic heterocycles. The second kappa shape index (κ2) is 8.04. The van der Waals surface area contributed by atoms with Crippen molar-refractivity contribution in [2.45, 2.75) is 19.8 Å². The van der Waals surface area contributed by atoms with Crippen LogP contribution >= 0.6 is 0 Å². The summed E-state index contributed by atoms with van der Waals surface area (Å²) in [6, 6.07) is 4.65. The lowest BCUT2D eigenvalue weighted by Crippen LogP contribution is -2.15. The first-order valence-electron chi connectivity index (χ1n) is 6.43. The SMILES string of the molecule is CCOC(=O)CC(=O)CC(=O)c1cc(OC)cc(OC)c1. The van der Waals surface area contributed by atoms with E-state index in [0.29, 0.717) is 17.1 Å². The number of ketones is 2. The van der Waals surface area contributed by atoms with Gasteiger partial charge in [-0.2, -0.15) is 0 Å². The summed E-state index contributed by atoms with van der Waals surface area (Å²) in [6.45, 7) is 1.85. The molecule has 0 unspecified atom stereocenters. The lowest BCUT2D eigenvalue weighted by atomic mass is 10.0. The number of Topliss-reactive ketones (excluding diaryl/α,β-unsaturated/α-hetero) is 2. The number of hydrogen-bond donors (Lipinski definition) is 0. The zero-order chi connectivity index (χ0) is 15.8. The summed E-state index contributed by atoms with van der Waals surface area (Å²) in [7, 11) is 2.93. The summed E-state index contributed by atoms with van der Waals surface area (Å²) in [5.41, 5.74) is 0.295. The highest BCUT2D eigenvalue weighted by atomic mass is 16.5. The van der Waals surface area contributed by atoms with Gasteiger partial charge in [-0.05, 0) is 19.1 Å². The van der Waals surface area contributed by atoms with Crippen LogP contribution in [0.2, 0.25) is 0 Å². The average Bonchev–Trinajstić information content (AvgIpc) is 2.46. The summed E-state index contributed by atoms with van der Waals surface area (Å²) in [5, 5.41) is 0. The summed E-state index contributed by atoms with van der Waals surface area (Å²) < 4.78 is 14.8. The Morgan fingerprint density at radius 1 is 0.952 bits per heavy atom. The van der Waals surface area contributed by atoms with Gasteiger partial charge in [0, 0.05) is 11.6 Å². The van der Waals surface area contributed by atoms with E-state index in [2.05, 4.69) is 4.74 Å². The van der Waals surface area contributed by atoms with Gasteiger partial charge in [0.2, 0.25) is 0 Å². The Morgan fingerprint density at radius 2 is 1.52 bits per heavy atom. The zero-order valence-corrected chi connectivity index (χ0v) is 12.3. The predicted octanol–water partition coefficient (Wildman–Crippen LogP) is 1.80. The maximum absolute atomic E-state index is 12.0. The van der Waals surface area contributed by atoms with E-state index in [0.717, 1.165) is 0 Å². The monoisotopic (exact) mass is 294 g/mol. The molecule has 0 aliphatic carbocycles. The molecular formula is C15H18O6. The molecule has 0 bridgehead atoms. The van der Waals surface area contributed by atoms with Crippen LogP contribution in [0.15, 0.2) is 18.2 Å². The van der Waals surface area contributed by atoms with Crippen LogP contribution < -0.4 is 9.47 Å². The normalized spacial score (nSPS) is 9.86. The van der Waals surface area contributed by atoms with Gasteiger partial charge in [-0.15, -0.1) is 0 Å². The number of rotatable bonds is 8. The molecule has 0 aliphatic rings. The smallest absolute Gasteiger partial charge is 0.313 e. The maximum atomic E-state index is 12.0. The minimum atomic E-state index is -0.626. The Bertz CT molecular complexity index is 513. The standard InChI is InChI=1S/C15H18O6/c1-4-21-15(18)8-11(16)7-14(17)10-5-12(19-2)9-13(6-10)20-3/h5-6,9H,4,7-8H2,1-3H3.